The number of rotatable bonds is 3. The number of thioether (sulfide) groups is 1. The van der Waals surface area contributed by atoms with E-state index in [0.717, 1.165) is 17.0 Å². The third-order valence-corrected chi connectivity index (χ3v) is 2.46. The Hall–Kier alpha value is -1.10. The van der Waals surface area contributed by atoms with Gasteiger partial charge in [0.1, 0.15) is 0 Å². The molecule has 76 valence electrons. The van der Waals surface area contributed by atoms with Crippen LogP contribution in [0.3, 0.4) is 0 Å². The van der Waals surface area contributed by atoms with Gasteiger partial charge in [0.05, 0.1) is 6.42 Å². The van der Waals surface area contributed by atoms with E-state index in [2.05, 4.69) is 9.97 Å². The van der Waals surface area contributed by atoms with Gasteiger partial charge in [-0.05, 0) is 20.1 Å². The SMILES string of the molecule is CSc1nc(C)c(CC(=O)O)c(C)n1. The molecule has 0 aliphatic rings. The van der Waals surface area contributed by atoms with Gasteiger partial charge in [0, 0.05) is 17.0 Å². The van der Waals surface area contributed by atoms with Gasteiger partial charge in [-0.3, -0.25) is 4.79 Å². The lowest BCUT2D eigenvalue weighted by Crippen LogP contribution is -2.08. The van der Waals surface area contributed by atoms with Crippen molar-refractivity contribution in [2.24, 2.45) is 0 Å². The van der Waals surface area contributed by atoms with Crippen LogP contribution >= 0.6 is 11.8 Å². The Balaban J connectivity index is 3.11. The number of carboxylic acid groups (broad SMARTS) is 1. The van der Waals surface area contributed by atoms with Crippen molar-refractivity contribution in [1.82, 2.24) is 9.97 Å². The lowest BCUT2D eigenvalue weighted by molar-refractivity contribution is -0.136. The summed E-state index contributed by atoms with van der Waals surface area (Å²) in [6, 6.07) is 0. The van der Waals surface area contributed by atoms with Crippen molar-refractivity contribution in [3.63, 3.8) is 0 Å². The van der Waals surface area contributed by atoms with Crippen molar-refractivity contribution in [2.45, 2.75) is 25.4 Å². The van der Waals surface area contributed by atoms with E-state index < -0.39 is 5.97 Å². The summed E-state index contributed by atoms with van der Waals surface area (Å²) < 4.78 is 0. The Morgan fingerprint density at radius 2 is 1.86 bits per heavy atom. The molecule has 0 unspecified atom stereocenters. The quantitative estimate of drug-likeness (QED) is 0.606. The van der Waals surface area contributed by atoms with Gasteiger partial charge in [-0.25, -0.2) is 9.97 Å². The maximum absolute atomic E-state index is 10.6. The van der Waals surface area contributed by atoms with Crippen LogP contribution in [0.5, 0.6) is 0 Å². The molecular weight excluding hydrogens is 200 g/mol. The molecule has 1 rings (SSSR count). The van der Waals surface area contributed by atoms with Gasteiger partial charge in [0.25, 0.3) is 0 Å². The molecule has 0 radical (unpaired) electrons. The summed E-state index contributed by atoms with van der Waals surface area (Å²) in [4.78, 5) is 19.0. The molecule has 0 atom stereocenters. The van der Waals surface area contributed by atoms with E-state index in [0.29, 0.717) is 5.16 Å². The number of aryl methyl sites for hydroxylation is 2. The third-order valence-electron chi connectivity index (χ3n) is 1.91. The summed E-state index contributed by atoms with van der Waals surface area (Å²) in [5.74, 6) is -0.850. The first-order valence-electron chi connectivity index (χ1n) is 4.14. The van der Waals surface area contributed by atoms with Crippen LogP contribution in [0.15, 0.2) is 5.16 Å². The van der Waals surface area contributed by atoms with Crippen LogP contribution in [-0.4, -0.2) is 27.3 Å². The molecule has 0 bridgehead atoms. The maximum atomic E-state index is 10.6. The Kier molecular flexibility index (Phi) is 3.46. The molecule has 1 N–H and O–H groups in total. The molecule has 5 heteroatoms. The zero-order valence-corrected chi connectivity index (χ0v) is 9.18. The second kappa shape index (κ2) is 4.41. The lowest BCUT2D eigenvalue weighted by Gasteiger charge is -2.07. The van der Waals surface area contributed by atoms with Crippen LogP contribution in [0.4, 0.5) is 0 Å². The van der Waals surface area contributed by atoms with E-state index in [1.807, 2.05) is 20.1 Å². The first-order chi connectivity index (χ1) is 6.54. The van der Waals surface area contributed by atoms with Crippen molar-refractivity contribution in [3.05, 3.63) is 17.0 Å². The molecule has 0 spiro atoms. The number of nitrogens with zero attached hydrogens (tertiary/aromatic N) is 2. The number of carboxylic acids is 1. The summed E-state index contributed by atoms with van der Waals surface area (Å²) in [7, 11) is 0. The second-order valence-electron chi connectivity index (χ2n) is 2.93. The third kappa shape index (κ3) is 2.45. The van der Waals surface area contributed by atoms with Crippen LogP contribution in [-0.2, 0) is 11.2 Å². The molecule has 0 aliphatic carbocycles. The Morgan fingerprint density at radius 3 is 2.21 bits per heavy atom. The monoisotopic (exact) mass is 212 g/mol. The van der Waals surface area contributed by atoms with E-state index in [-0.39, 0.29) is 6.42 Å². The molecule has 0 saturated heterocycles. The average molecular weight is 212 g/mol. The maximum Gasteiger partial charge on any atom is 0.307 e. The van der Waals surface area contributed by atoms with Crippen LogP contribution < -0.4 is 0 Å². The van der Waals surface area contributed by atoms with Gasteiger partial charge in [0.15, 0.2) is 5.16 Å². The van der Waals surface area contributed by atoms with Crippen molar-refractivity contribution < 1.29 is 9.90 Å². The molecule has 14 heavy (non-hydrogen) atoms. The van der Waals surface area contributed by atoms with Crippen molar-refractivity contribution >= 4 is 17.7 Å². The van der Waals surface area contributed by atoms with Gasteiger partial charge >= 0.3 is 5.97 Å². The lowest BCUT2D eigenvalue weighted by atomic mass is 10.1. The zero-order chi connectivity index (χ0) is 10.7. The molecule has 0 saturated carbocycles. The summed E-state index contributed by atoms with van der Waals surface area (Å²) in [6.07, 6.45) is 1.89. The Bertz CT molecular complexity index is 343. The van der Waals surface area contributed by atoms with Crippen molar-refractivity contribution in [2.75, 3.05) is 6.26 Å². The van der Waals surface area contributed by atoms with Gasteiger partial charge in [-0.1, -0.05) is 11.8 Å². The summed E-state index contributed by atoms with van der Waals surface area (Å²) in [6.45, 7) is 3.62. The molecule has 1 aromatic rings. The van der Waals surface area contributed by atoms with E-state index in [1.165, 1.54) is 11.8 Å². The van der Waals surface area contributed by atoms with E-state index in [9.17, 15) is 4.79 Å². The van der Waals surface area contributed by atoms with Crippen LogP contribution in [0, 0.1) is 13.8 Å². The minimum atomic E-state index is -0.850. The van der Waals surface area contributed by atoms with Gasteiger partial charge < -0.3 is 5.11 Å². The van der Waals surface area contributed by atoms with Crippen LogP contribution in [0.25, 0.3) is 0 Å². The minimum absolute atomic E-state index is 0.00761. The number of carbonyl (C=O) groups is 1. The van der Waals surface area contributed by atoms with E-state index >= 15 is 0 Å². The first kappa shape index (κ1) is 11.0. The fraction of sp³-hybridized carbons (Fsp3) is 0.444. The highest BCUT2D eigenvalue weighted by Gasteiger charge is 2.10. The predicted molar refractivity (Wildman–Crippen MR) is 54.6 cm³/mol. The highest BCUT2D eigenvalue weighted by atomic mass is 32.2. The molecule has 0 fully saturated rings. The fourth-order valence-electron chi connectivity index (χ4n) is 1.21. The predicted octanol–water partition coefficient (Wildman–Crippen LogP) is 1.44. The van der Waals surface area contributed by atoms with Gasteiger partial charge in [0.2, 0.25) is 0 Å². The van der Waals surface area contributed by atoms with E-state index in [4.69, 9.17) is 5.11 Å². The Labute approximate surface area is 86.8 Å². The Morgan fingerprint density at radius 1 is 1.36 bits per heavy atom. The molecule has 1 heterocycles. The molecule has 0 amide bonds. The van der Waals surface area contributed by atoms with Gasteiger partial charge in [-0.15, -0.1) is 0 Å². The summed E-state index contributed by atoms with van der Waals surface area (Å²) >= 11 is 1.46. The highest BCUT2D eigenvalue weighted by molar-refractivity contribution is 7.98. The molecule has 4 nitrogen and oxygen atoms in total. The first-order valence-corrected chi connectivity index (χ1v) is 5.37. The molecule has 0 aliphatic heterocycles. The van der Waals surface area contributed by atoms with Gasteiger partial charge in [-0.2, -0.15) is 0 Å². The number of aliphatic carboxylic acids is 1. The highest BCUT2D eigenvalue weighted by Crippen LogP contribution is 2.15. The average Bonchev–Trinajstić information content (AvgIpc) is 2.10. The summed E-state index contributed by atoms with van der Waals surface area (Å²) in [5, 5.41) is 9.37. The van der Waals surface area contributed by atoms with Crippen LogP contribution in [0.2, 0.25) is 0 Å². The molecule has 1 aromatic heterocycles. The minimum Gasteiger partial charge on any atom is -0.481 e. The number of hydrogen-bond donors (Lipinski definition) is 1. The second-order valence-corrected chi connectivity index (χ2v) is 3.70. The largest absolute Gasteiger partial charge is 0.481 e. The number of aromatic nitrogens is 2. The van der Waals surface area contributed by atoms with Crippen molar-refractivity contribution in [1.29, 1.82) is 0 Å². The summed E-state index contributed by atoms with van der Waals surface area (Å²) in [5.41, 5.74) is 2.23. The van der Waals surface area contributed by atoms with E-state index in [1.54, 1.807) is 0 Å². The zero-order valence-electron chi connectivity index (χ0n) is 8.37. The topological polar surface area (TPSA) is 63.1 Å². The number of hydrogen-bond acceptors (Lipinski definition) is 4. The molecular formula is C9H12N2O2S. The van der Waals surface area contributed by atoms with Crippen LogP contribution in [0.1, 0.15) is 17.0 Å². The normalized spacial score (nSPS) is 10.2. The molecule has 0 aromatic carbocycles. The van der Waals surface area contributed by atoms with Crippen molar-refractivity contribution in [3.8, 4) is 0 Å². The fourth-order valence-corrected chi connectivity index (χ4v) is 1.66. The standard InChI is InChI=1S/C9H12N2O2S/c1-5-7(4-8(12)13)6(2)11-9(10-5)14-3/h4H2,1-3H3,(H,12,13). The smallest absolute Gasteiger partial charge is 0.307 e.